The predicted molar refractivity (Wildman–Crippen MR) is 139 cm³/mol. The molecular weight excluding hydrogens is 475 g/mol. The lowest BCUT2D eigenvalue weighted by atomic mass is 10.2. The molecule has 8 nitrogen and oxygen atoms in total. The number of carbonyl (C=O) groups is 2. The number of amides is 2. The first-order valence-electron chi connectivity index (χ1n) is 12.2. The third-order valence-corrected chi connectivity index (χ3v) is 5.80. The molecule has 194 valence electrons. The molecule has 1 aliphatic rings. The Labute approximate surface area is 215 Å². The number of nitrogens with zero attached hydrogens (tertiary/aromatic N) is 1. The van der Waals surface area contributed by atoms with Crippen LogP contribution >= 0.6 is 0 Å². The Bertz CT molecular complexity index is 1140. The van der Waals surface area contributed by atoms with Crippen LogP contribution in [0.15, 0.2) is 78.9 Å². The molecule has 9 heteroatoms. The quantitative estimate of drug-likeness (QED) is 0.370. The molecule has 1 aliphatic heterocycles. The molecule has 2 amide bonds. The van der Waals surface area contributed by atoms with Crippen LogP contribution in [0.25, 0.3) is 0 Å². The minimum Gasteiger partial charge on any atom is -0.457 e. The highest BCUT2D eigenvalue weighted by molar-refractivity contribution is 5.97. The van der Waals surface area contributed by atoms with E-state index in [-0.39, 0.29) is 30.8 Å². The average Bonchev–Trinajstić information content (AvgIpc) is 2.91. The molecule has 3 aromatic rings. The summed E-state index contributed by atoms with van der Waals surface area (Å²) in [6, 6.07) is 21.3. The molecule has 3 N–H and O–H groups in total. The Balaban J connectivity index is 1.34. The molecule has 0 bridgehead atoms. The van der Waals surface area contributed by atoms with Crippen LogP contribution in [0.1, 0.15) is 5.56 Å². The summed E-state index contributed by atoms with van der Waals surface area (Å²) in [6.07, 6.45) is 0. The van der Waals surface area contributed by atoms with Crippen LogP contribution in [0, 0.1) is 5.82 Å². The monoisotopic (exact) mass is 506 g/mol. The fourth-order valence-electron chi connectivity index (χ4n) is 3.84. The van der Waals surface area contributed by atoms with Gasteiger partial charge in [-0.15, -0.1) is 0 Å². The second-order valence-corrected chi connectivity index (χ2v) is 8.72. The van der Waals surface area contributed by atoms with Gasteiger partial charge in [0.1, 0.15) is 23.4 Å². The first kappa shape index (κ1) is 26.3. The Morgan fingerprint density at radius 2 is 1.57 bits per heavy atom. The predicted octanol–water partition coefficient (Wildman–Crippen LogP) is 3.16. The lowest BCUT2D eigenvalue weighted by molar-refractivity contribution is -0.128. The second-order valence-electron chi connectivity index (χ2n) is 8.72. The number of ether oxygens (including phenoxy) is 2. The number of benzene rings is 3. The number of hydrogen-bond donors (Lipinski definition) is 3. The van der Waals surface area contributed by atoms with Gasteiger partial charge in [0.15, 0.2) is 0 Å². The topological polar surface area (TPSA) is 91.9 Å². The van der Waals surface area contributed by atoms with Crippen LogP contribution in [-0.4, -0.2) is 62.1 Å². The van der Waals surface area contributed by atoms with Crippen LogP contribution in [0.5, 0.6) is 11.5 Å². The number of rotatable bonds is 11. The van der Waals surface area contributed by atoms with Crippen molar-refractivity contribution in [2.24, 2.45) is 0 Å². The number of nitrogens with one attached hydrogen (secondary N) is 3. The first-order chi connectivity index (χ1) is 18.0. The van der Waals surface area contributed by atoms with Crippen molar-refractivity contribution in [1.82, 2.24) is 15.5 Å². The smallest absolute Gasteiger partial charge is 0.249 e. The zero-order valence-electron chi connectivity index (χ0n) is 20.5. The van der Waals surface area contributed by atoms with E-state index in [0.29, 0.717) is 23.8 Å². The SMILES string of the molecule is O=C(CN1CCNCC1)NC(COCc1ccccc1)C(=O)Nc1ccc(Oc2ccc(F)cc2)cc1. The Hall–Kier alpha value is -3.79. The van der Waals surface area contributed by atoms with Gasteiger partial charge in [-0.1, -0.05) is 30.3 Å². The van der Waals surface area contributed by atoms with E-state index in [9.17, 15) is 14.0 Å². The number of anilines is 1. The van der Waals surface area contributed by atoms with E-state index in [0.717, 1.165) is 31.7 Å². The number of carbonyl (C=O) groups excluding carboxylic acids is 2. The summed E-state index contributed by atoms with van der Waals surface area (Å²) in [5.74, 6) is 0.0905. The largest absolute Gasteiger partial charge is 0.457 e. The molecule has 1 unspecified atom stereocenters. The molecule has 1 atom stereocenters. The fraction of sp³-hybridized carbons (Fsp3) is 0.286. The zero-order chi connectivity index (χ0) is 25.9. The standard InChI is InChI=1S/C28H31FN4O4/c29-22-6-10-24(11-7-22)37-25-12-8-23(9-13-25)31-28(35)26(20-36-19-21-4-2-1-3-5-21)32-27(34)18-33-16-14-30-15-17-33/h1-13,26,30H,14-20H2,(H,31,35)(H,32,34). The Kier molecular flexibility index (Phi) is 9.59. The molecular formula is C28H31FN4O4. The van der Waals surface area contributed by atoms with Gasteiger partial charge < -0.3 is 25.4 Å². The lowest BCUT2D eigenvalue weighted by Crippen LogP contribution is -2.52. The van der Waals surface area contributed by atoms with Crippen molar-refractivity contribution in [1.29, 1.82) is 0 Å². The van der Waals surface area contributed by atoms with E-state index in [2.05, 4.69) is 16.0 Å². The van der Waals surface area contributed by atoms with Gasteiger partial charge in [0.2, 0.25) is 11.8 Å². The van der Waals surface area contributed by atoms with Crippen LogP contribution < -0.4 is 20.7 Å². The van der Waals surface area contributed by atoms with E-state index in [1.54, 1.807) is 24.3 Å². The summed E-state index contributed by atoms with van der Waals surface area (Å²) in [5.41, 5.74) is 1.52. The van der Waals surface area contributed by atoms with Gasteiger partial charge in [-0.3, -0.25) is 14.5 Å². The minimum absolute atomic E-state index is 0.0276. The normalized spacial score (nSPS) is 14.5. The molecule has 4 rings (SSSR count). The molecule has 1 saturated heterocycles. The highest BCUT2D eigenvalue weighted by Crippen LogP contribution is 2.23. The molecule has 1 heterocycles. The van der Waals surface area contributed by atoms with Crippen molar-refractivity contribution < 1.29 is 23.5 Å². The number of hydrogen-bond acceptors (Lipinski definition) is 6. The lowest BCUT2D eigenvalue weighted by Gasteiger charge is -2.27. The molecule has 0 spiro atoms. The van der Waals surface area contributed by atoms with Gasteiger partial charge >= 0.3 is 0 Å². The van der Waals surface area contributed by atoms with Crippen LogP contribution in [-0.2, 0) is 20.9 Å². The summed E-state index contributed by atoms with van der Waals surface area (Å²) < 4.78 is 24.6. The zero-order valence-corrected chi connectivity index (χ0v) is 20.5. The van der Waals surface area contributed by atoms with E-state index < -0.39 is 6.04 Å². The van der Waals surface area contributed by atoms with E-state index in [4.69, 9.17) is 9.47 Å². The van der Waals surface area contributed by atoms with Crippen molar-refractivity contribution in [3.8, 4) is 11.5 Å². The van der Waals surface area contributed by atoms with Crippen molar-refractivity contribution in [2.45, 2.75) is 12.6 Å². The second kappa shape index (κ2) is 13.5. The molecule has 0 aliphatic carbocycles. The number of halogens is 1. The van der Waals surface area contributed by atoms with Gasteiger partial charge in [0.25, 0.3) is 0 Å². The van der Waals surface area contributed by atoms with E-state index in [1.165, 1.54) is 24.3 Å². The van der Waals surface area contributed by atoms with Crippen molar-refractivity contribution in [3.63, 3.8) is 0 Å². The number of piperazine rings is 1. The molecule has 0 radical (unpaired) electrons. The highest BCUT2D eigenvalue weighted by atomic mass is 19.1. The molecule has 37 heavy (non-hydrogen) atoms. The molecule has 0 saturated carbocycles. The highest BCUT2D eigenvalue weighted by Gasteiger charge is 2.23. The van der Waals surface area contributed by atoms with Gasteiger partial charge in [-0.25, -0.2) is 4.39 Å². The van der Waals surface area contributed by atoms with Crippen LogP contribution in [0.3, 0.4) is 0 Å². The third-order valence-electron chi connectivity index (χ3n) is 5.80. The van der Waals surface area contributed by atoms with Crippen molar-refractivity contribution >= 4 is 17.5 Å². The molecule has 3 aromatic carbocycles. The van der Waals surface area contributed by atoms with Crippen LogP contribution in [0.2, 0.25) is 0 Å². The van der Waals surface area contributed by atoms with E-state index in [1.807, 2.05) is 35.2 Å². The summed E-state index contributed by atoms with van der Waals surface area (Å²) in [5, 5.41) is 8.92. The van der Waals surface area contributed by atoms with Gasteiger partial charge in [-0.05, 0) is 54.1 Å². The average molecular weight is 507 g/mol. The van der Waals surface area contributed by atoms with Gasteiger partial charge in [0.05, 0.1) is 19.8 Å². The summed E-state index contributed by atoms with van der Waals surface area (Å²) in [6.45, 7) is 3.80. The minimum atomic E-state index is -0.866. The summed E-state index contributed by atoms with van der Waals surface area (Å²) >= 11 is 0. The van der Waals surface area contributed by atoms with Gasteiger partial charge in [-0.2, -0.15) is 0 Å². The fourth-order valence-corrected chi connectivity index (χ4v) is 3.84. The Morgan fingerprint density at radius 1 is 0.919 bits per heavy atom. The van der Waals surface area contributed by atoms with E-state index >= 15 is 0 Å². The first-order valence-corrected chi connectivity index (χ1v) is 12.2. The Morgan fingerprint density at radius 3 is 2.24 bits per heavy atom. The molecule has 1 fully saturated rings. The van der Waals surface area contributed by atoms with Crippen LogP contribution in [0.4, 0.5) is 10.1 Å². The molecule has 0 aromatic heterocycles. The van der Waals surface area contributed by atoms with Gasteiger partial charge in [0, 0.05) is 31.9 Å². The maximum absolute atomic E-state index is 13.1. The van der Waals surface area contributed by atoms with Crippen molar-refractivity contribution in [3.05, 3.63) is 90.2 Å². The maximum Gasteiger partial charge on any atom is 0.249 e. The van der Waals surface area contributed by atoms with Crippen molar-refractivity contribution in [2.75, 3.05) is 44.6 Å². The maximum atomic E-state index is 13.1. The summed E-state index contributed by atoms with van der Waals surface area (Å²) in [7, 11) is 0. The summed E-state index contributed by atoms with van der Waals surface area (Å²) in [4.78, 5) is 27.8. The third kappa shape index (κ3) is 8.68.